The summed E-state index contributed by atoms with van der Waals surface area (Å²) in [6.07, 6.45) is -1.62. The summed E-state index contributed by atoms with van der Waals surface area (Å²) in [5.41, 5.74) is -0.256. The quantitative estimate of drug-likeness (QED) is 0.812. The zero-order chi connectivity index (χ0) is 18.8. The van der Waals surface area contributed by atoms with Crippen molar-refractivity contribution < 1.29 is 22.7 Å². The van der Waals surface area contributed by atoms with Gasteiger partial charge in [0.15, 0.2) is 0 Å². The molecule has 0 saturated carbocycles. The molecule has 2 aromatic heterocycles. The molecule has 10 heteroatoms. The molecule has 0 aromatic carbocycles. The molecule has 1 aliphatic rings. The van der Waals surface area contributed by atoms with Gasteiger partial charge in [0, 0.05) is 30.9 Å². The van der Waals surface area contributed by atoms with E-state index < -0.39 is 17.9 Å². The molecule has 1 aliphatic heterocycles. The van der Waals surface area contributed by atoms with Crippen LogP contribution in [0.1, 0.15) is 26.2 Å². The molecule has 0 N–H and O–H groups in total. The molecule has 3 heterocycles. The van der Waals surface area contributed by atoms with Crippen LogP contribution in [0.5, 0.6) is 0 Å². The molecular formula is C16H18F2N4O4. The fourth-order valence-electron chi connectivity index (χ4n) is 2.84. The van der Waals surface area contributed by atoms with Crippen molar-refractivity contribution in [1.29, 1.82) is 0 Å². The molecule has 0 bridgehead atoms. The Kier molecular flexibility index (Phi) is 5.12. The number of carbonyl (C=O) groups excluding carboxylic acids is 1. The van der Waals surface area contributed by atoms with Gasteiger partial charge < -0.3 is 18.6 Å². The highest BCUT2D eigenvalue weighted by Crippen LogP contribution is 2.22. The molecule has 0 spiro atoms. The molecule has 1 amide bonds. The lowest BCUT2D eigenvalue weighted by atomic mass is 10.2. The maximum atomic E-state index is 12.5. The predicted molar refractivity (Wildman–Crippen MR) is 85.5 cm³/mol. The van der Waals surface area contributed by atoms with Gasteiger partial charge in [0.05, 0.1) is 12.2 Å². The molecule has 1 saturated heterocycles. The number of rotatable bonds is 4. The second-order valence-corrected chi connectivity index (χ2v) is 6.18. The summed E-state index contributed by atoms with van der Waals surface area (Å²) in [7, 11) is 0. The number of alkyl halides is 2. The van der Waals surface area contributed by atoms with Crippen molar-refractivity contribution in [2.45, 2.75) is 39.0 Å². The first-order chi connectivity index (χ1) is 12.3. The third-order valence-electron chi connectivity index (χ3n) is 3.95. The average Bonchev–Trinajstić information content (AvgIpc) is 3.06. The van der Waals surface area contributed by atoms with E-state index in [0.29, 0.717) is 13.1 Å². The molecule has 2 atom stereocenters. The van der Waals surface area contributed by atoms with Crippen LogP contribution in [0, 0.1) is 0 Å². The third kappa shape index (κ3) is 3.96. The van der Waals surface area contributed by atoms with Crippen LogP contribution < -0.4 is 5.56 Å². The van der Waals surface area contributed by atoms with Crippen LogP contribution in [0.15, 0.2) is 27.5 Å². The highest BCUT2D eigenvalue weighted by Gasteiger charge is 2.26. The monoisotopic (exact) mass is 368 g/mol. The molecule has 0 unspecified atom stereocenters. The van der Waals surface area contributed by atoms with Gasteiger partial charge in [0.2, 0.25) is 11.8 Å². The Hall–Kier alpha value is -2.62. The fourth-order valence-corrected chi connectivity index (χ4v) is 2.84. The minimum absolute atomic E-state index is 0.0663. The Balaban J connectivity index is 1.73. The summed E-state index contributed by atoms with van der Waals surface area (Å²) in [5, 5.41) is 6.72. The van der Waals surface area contributed by atoms with Gasteiger partial charge in [0.1, 0.15) is 6.54 Å². The summed E-state index contributed by atoms with van der Waals surface area (Å²) in [6, 6.07) is 2.63. The summed E-state index contributed by atoms with van der Waals surface area (Å²) >= 11 is 0. The standard InChI is InChI=1S/C16H18F2N4O4/c1-9-6-22(7-10(2)25-9)13(24)8-21-4-3-11(5-12(21)23)15-19-20-16(26-15)14(17)18/h3-5,9-10,14H,6-8H2,1-2H3/t9-,10+. The molecule has 2 aromatic rings. The maximum absolute atomic E-state index is 12.5. The lowest BCUT2D eigenvalue weighted by Gasteiger charge is -2.35. The SMILES string of the molecule is C[C@@H]1CN(C(=O)Cn2ccc(-c3nnc(C(F)F)o3)cc2=O)C[C@H](C)O1. The number of hydrogen-bond acceptors (Lipinski definition) is 6. The number of carbonyl (C=O) groups is 1. The van der Waals surface area contributed by atoms with Crippen molar-refractivity contribution in [3.63, 3.8) is 0 Å². The molecule has 0 aliphatic carbocycles. The normalized spacial score (nSPS) is 20.6. The molecule has 8 nitrogen and oxygen atoms in total. The topological polar surface area (TPSA) is 90.5 Å². The van der Waals surface area contributed by atoms with E-state index in [9.17, 15) is 18.4 Å². The Morgan fingerprint density at radius 1 is 1.31 bits per heavy atom. The van der Waals surface area contributed by atoms with Gasteiger partial charge >= 0.3 is 6.43 Å². The lowest BCUT2D eigenvalue weighted by Crippen LogP contribution is -2.49. The molecule has 3 rings (SSSR count). The highest BCUT2D eigenvalue weighted by atomic mass is 19.3. The van der Waals surface area contributed by atoms with Crippen molar-refractivity contribution in [2.75, 3.05) is 13.1 Å². The molecule has 0 radical (unpaired) electrons. The van der Waals surface area contributed by atoms with Gasteiger partial charge in [-0.1, -0.05) is 0 Å². The van der Waals surface area contributed by atoms with Crippen LogP contribution in [-0.2, 0) is 16.1 Å². The van der Waals surface area contributed by atoms with Gasteiger partial charge in [-0.3, -0.25) is 9.59 Å². The average molecular weight is 368 g/mol. The fraction of sp³-hybridized carbons (Fsp3) is 0.500. The third-order valence-corrected chi connectivity index (χ3v) is 3.95. The van der Waals surface area contributed by atoms with Gasteiger partial charge in [-0.05, 0) is 19.9 Å². The maximum Gasteiger partial charge on any atom is 0.314 e. The van der Waals surface area contributed by atoms with E-state index in [1.807, 2.05) is 13.8 Å². The van der Waals surface area contributed by atoms with Crippen molar-refractivity contribution in [1.82, 2.24) is 19.7 Å². The Bertz CT molecular complexity index is 841. The van der Waals surface area contributed by atoms with E-state index in [2.05, 4.69) is 10.2 Å². The second-order valence-electron chi connectivity index (χ2n) is 6.18. The molecule has 1 fully saturated rings. The Labute approximate surface area is 147 Å². The lowest BCUT2D eigenvalue weighted by molar-refractivity contribution is -0.143. The van der Waals surface area contributed by atoms with E-state index >= 15 is 0 Å². The first-order valence-electron chi connectivity index (χ1n) is 8.09. The summed E-state index contributed by atoms with van der Waals surface area (Å²) in [5.74, 6) is -1.18. The number of amides is 1. The van der Waals surface area contributed by atoms with Crippen LogP contribution in [0.3, 0.4) is 0 Å². The Morgan fingerprint density at radius 2 is 2.00 bits per heavy atom. The first-order valence-corrected chi connectivity index (χ1v) is 8.09. The minimum Gasteiger partial charge on any atom is -0.415 e. The van der Waals surface area contributed by atoms with Crippen LogP contribution in [0.2, 0.25) is 0 Å². The van der Waals surface area contributed by atoms with Crippen molar-refractivity contribution in [2.24, 2.45) is 0 Å². The summed E-state index contributed by atoms with van der Waals surface area (Å²) in [4.78, 5) is 26.3. The summed E-state index contributed by atoms with van der Waals surface area (Å²) in [6.45, 7) is 4.58. The van der Waals surface area contributed by atoms with Crippen LogP contribution >= 0.6 is 0 Å². The number of ether oxygens (including phenoxy) is 1. The van der Waals surface area contributed by atoms with Crippen LogP contribution in [0.4, 0.5) is 8.78 Å². The molecule has 26 heavy (non-hydrogen) atoms. The number of halogens is 2. The van der Waals surface area contributed by atoms with Gasteiger partial charge in [0.25, 0.3) is 11.4 Å². The molecule has 140 valence electrons. The van der Waals surface area contributed by atoms with Gasteiger partial charge in [-0.15, -0.1) is 10.2 Å². The van der Waals surface area contributed by atoms with Crippen molar-refractivity contribution >= 4 is 5.91 Å². The van der Waals surface area contributed by atoms with E-state index in [1.165, 1.54) is 22.9 Å². The zero-order valence-electron chi connectivity index (χ0n) is 14.3. The van der Waals surface area contributed by atoms with Crippen LogP contribution in [0.25, 0.3) is 11.5 Å². The number of nitrogens with zero attached hydrogens (tertiary/aromatic N) is 4. The number of morpholine rings is 1. The van der Waals surface area contributed by atoms with Crippen LogP contribution in [-0.4, -0.2) is 50.9 Å². The van der Waals surface area contributed by atoms with Gasteiger partial charge in [-0.25, -0.2) is 0 Å². The zero-order valence-corrected chi connectivity index (χ0v) is 14.3. The van der Waals surface area contributed by atoms with Crippen molar-refractivity contribution in [3.05, 3.63) is 34.6 Å². The Morgan fingerprint density at radius 3 is 2.58 bits per heavy atom. The van der Waals surface area contributed by atoms with Crippen molar-refractivity contribution in [3.8, 4) is 11.5 Å². The first kappa shape index (κ1) is 18.2. The molecular weight excluding hydrogens is 350 g/mol. The number of aromatic nitrogens is 3. The van der Waals surface area contributed by atoms with E-state index in [0.717, 1.165) is 0 Å². The van der Waals surface area contributed by atoms with E-state index in [-0.39, 0.29) is 36.1 Å². The second kappa shape index (κ2) is 7.32. The van der Waals surface area contributed by atoms with E-state index in [1.54, 1.807) is 4.90 Å². The van der Waals surface area contributed by atoms with E-state index in [4.69, 9.17) is 9.15 Å². The number of hydrogen-bond donors (Lipinski definition) is 0. The predicted octanol–water partition coefficient (Wildman–Crippen LogP) is 1.47. The largest absolute Gasteiger partial charge is 0.415 e. The number of pyridine rings is 1. The van der Waals surface area contributed by atoms with Gasteiger partial charge in [-0.2, -0.15) is 8.78 Å². The smallest absolute Gasteiger partial charge is 0.314 e. The highest BCUT2D eigenvalue weighted by molar-refractivity contribution is 5.76. The minimum atomic E-state index is -2.88. The summed E-state index contributed by atoms with van der Waals surface area (Å²) < 4.78 is 36.6.